The lowest BCUT2D eigenvalue weighted by Gasteiger charge is -2.15. The van der Waals surface area contributed by atoms with E-state index in [1.807, 2.05) is 31.2 Å². The van der Waals surface area contributed by atoms with Crippen LogP contribution in [0.3, 0.4) is 0 Å². The summed E-state index contributed by atoms with van der Waals surface area (Å²) < 4.78 is 16.2. The van der Waals surface area contributed by atoms with Gasteiger partial charge in [0, 0.05) is 0 Å². The number of furan rings is 1. The van der Waals surface area contributed by atoms with Crippen molar-refractivity contribution < 1.29 is 23.5 Å². The van der Waals surface area contributed by atoms with Crippen LogP contribution in [-0.4, -0.2) is 23.3 Å². The van der Waals surface area contributed by atoms with Gasteiger partial charge < -0.3 is 13.9 Å². The third kappa shape index (κ3) is 4.43. The molecule has 1 aromatic heterocycles. The second kappa shape index (κ2) is 9.20. The van der Waals surface area contributed by atoms with Crippen LogP contribution in [-0.2, 0) is 4.79 Å². The first-order chi connectivity index (χ1) is 15.4. The first-order valence-corrected chi connectivity index (χ1v) is 11.0. The molecule has 9 heteroatoms. The molecular weight excluding hydrogens is 470 g/mol. The fourth-order valence-electron chi connectivity index (χ4n) is 3.07. The number of aryl methyl sites for hydroxylation is 1. The lowest BCUT2D eigenvalue weighted by Crippen LogP contribution is -2.27. The number of carbonyl (C=O) groups excluding carboxylic acids is 2. The summed E-state index contributed by atoms with van der Waals surface area (Å²) in [5.74, 6) is -0.610. The Balaban J connectivity index is 1.63. The zero-order valence-corrected chi connectivity index (χ0v) is 19.3. The number of amides is 1. The molecule has 0 aliphatic carbocycles. The Bertz CT molecular complexity index is 1250. The summed E-state index contributed by atoms with van der Waals surface area (Å²) in [6.07, 6.45) is 3.03. The molecule has 0 spiro atoms. The normalized spacial score (nSPS) is 14.8. The molecule has 0 saturated carbocycles. The summed E-state index contributed by atoms with van der Waals surface area (Å²) in [5.41, 5.74) is 2.33. The lowest BCUT2D eigenvalue weighted by molar-refractivity contribution is -0.113. The van der Waals surface area contributed by atoms with Gasteiger partial charge in [0.15, 0.2) is 15.8 Å². The van der Waals surface area contributed by atoms with Gasteiger partial charge in [-0.2, -0.15) is 0 Å². The van der Waals surface area contributed by atoms with Crippen molar-refractivity contribution in [3.63, 3.8) is 0 Å². The second-order valence-corrected chi connectivity index (χ2v) is 8.84. The highest BCUT2D eigenvalue weighted by Crippen LogP contribution is 2.40. The molecule has 162 valence electrons. The molecule has 1 amide bonds. The Morgan fingerprint density at radius 2 is 2.03 bits per heavy atom. The molecule has 0 N–H and O–H groups in total. The third-order valence-electron chi connectivity index (χ3n) is 4.52. The Kier molecular flexibility index (Phi) is 6.36. The number of ether oxygens (including phenoxy) is 2. The number of halogens is 1. The van der Waals surface area contributed by atoms with E-state index in [1.165, 1.54) is 36.1 Å². The maximum absolute atomic E-state index is 13.0. The average Bonchev–Trinajstić information content (AvgIpc) is 3.38. The van der Waals surface area contributed by atoms with Crippen LogP contribution in [0, 0.1) is 6.92 Å². The minimum Gasteiger partial charge on any atom is -0.493 e. The van der Waals surface area contributed by atoms with Gasteiger partial charge in [0.1, 0.15) is 0 Å². The van der Waals surface area contributed by atoms with Crippen molar-refractivity contribution in [1.82, 2.24) is 0 Å². The van der Waals surface area contributed by atoms with Gasteiger partial charge in [-0.1, -0.05) is 47.7 Å². The van der Waals surface area contributed by atoms with Crippen molar-refractivity contribution in [2.75, 3.05) is 12.0 Å². The Morgan fingerprint density at radius 3 is 2.72 bits per heavy atom. The highest BCUT2D eigenvalue weighted by molar-refractivity contribution is 8.27. The molecular formula is C23H16ClNO5S2. The quantitative estimate of drug-likeness (QED) is 0.193. The molecule has 0 bridgehead atoms. The van der Waals surface area contributed by atoms with E-state index in [1.54, 1.807) is 24.3 Å². The number of hydrogen-bond donors (Lipinski definition) is 0. The first-order valence-electron chi connectivity index (χ1n) is 9.35. The largest absolute Gasteiger partial charge is 0.493 e. The fourth-order valence-corrected chi connectivity index (χ4v) is 4.63. The number of rotatable bonds is 5. The summed E-state index contributed by atoms with van der Waals surface area (Å²) in [7, 11) is 1.43. The predicted molar refractivity (Wildman–Crippen MR) is 129 cm³/mol. The van der Waals surface area contributed by atoms with E-state index in [-0.39, 0.29) is 28.2 Å². The van der Waals surface area contributed by atoms with Crippen LogP contribution < -0.4 is 14.4 Å². The van der Waals surface area contributed by atoms with Crippen molar-refractivity contribution in [2.24, 2.45) is 0 Å². The topological polar surface area (TPSA) is 69.0 Å². The van der Waals surface area contributed by atoms with Gasteiger partial charge in [-0.05, 0) is 60.5 Å². The molecule has 2 heterocycles. The summed E-state index contributed by atoms with van der Waals surface area (Å²) in [4.78, 5) is 27.2. The molecule has 1 fully saturated rings. The standard InChI is InChI=1S/C23H16ClNO5S2/c1-13-5-3-6-15(9-13)25-21(26)19(32-23(25)31)12-14-10-16(24)20(18(11-14)28-2)30-22(27)17-7-4-8-29-17/h3-12H,1-2H3/b19-12-. The highest BCUT2D eigenvalue weighted by Gasteiger charge is 2.33. The summed E-state index contributed by atoms with van der Waals surface area (Å²) >= 11 is 13.0. The zero-order chi connectivity index (χ0) is 22.8. The molecule has 1 saturated heterocycles. The van der Waals surface area contributed by atoms with Crippen LogP contribution in [0.1, 0.15) is 21.7 Å². The SMILES string of the molecule is COc1cc(/C=C2\SC(=S)N(c3cccc(C)c3)C2=O)cc(Cl)c1OC(=O)c1ccco1. The number of methoxy groups -OCH3 is 1. The number of benzene rings is 2. The zero-order valence-electron chi connectivity index (χ0n) is 17.0. The van der Waals surface area contributed by atoms with Crippen LogP contribution in [0.15, 0.2) is 64.1 Å². The van der Waals surface area contributed by atoms with Crippen molar-refractivity contribution >= 4 is 63.5 Å². The van der Waals surface area contributed by atoms with Gasteiger partial charge in [-0.25, -0.2) is 4.79 Å². The van der Waals surface area contributed by atoms with E-state index >= 15 is 0 Å². The van der Waals surface area contributed by atoms with Gasteiger partial charge in [-0.15, -0.1) is 0 Å². The van der Waals surface area contributed by atoms with Crippen molar-refractivity contribution in [3.8, 4) is 11.5 Å². The number of anilines is 1. The maximum atomic E-state index is 13.0. The minimum absolute atomic E-state index is 0.0343. The molecule has 32 heavy (non-hydrogen) atoms. The average molecular weight is 486 g/mol. The van der Waals surface area contributed by atoms with Gasteiger partial charge in [-0.3, -0.25) is 9.69 Å². The maximum Gasteiger partial charge on any atom is 0.379 e. The van der Waals surface area contributed by atoms with Crippen LogP contribution in [0.4, 0.5) is 5.69 Å². The smallest absolute Gasteiger partial charge is 0.379 e. The van der Waals surface area contributed by atoms with Crippen LogP contribution in [0.5, 0.6) is 11.5 Å². The number of carbonyl (C=O) groups is 2. The molecule has 1 aliphatic rings. The first kappa shape index (κ1) is 22.1. The van der Waals surface area contributed by atoms with E-state index in [9.17, 15) is 9.59 Å². The molecule has 0 atom stereocenters. The number of thioether (sulfide) groups is 1. The second-order valence-electron chi connectivity index (χ2n) is 6.76. The number of esters is 1. The van der Waals surface area contributed by atoms with Gasteiger partial charge in [0.2, 0.25) is 5.76 Å². The molecule has 0 radical (unpaired) electrons. The molecule has 0 unspecified atom stereocenters. The monoisotopic (exact) mass is 485 g/mol. The minimum atomic E-state index is -0.707. The lowest BCUT2D eigenvalue weighted by atomic mass is 10.1. The molecule has 1 aliphatic heterocycles. The van der Waals surface area contributed by atoms with E-state index in [2.05, 4.69) is 0 Å². The van der Waals surface area contributed by atoms with Crippen molar-refractivity contribution in [2.45, 2.75) is 6.92 Å². The van der Waals surface area contributed by atoms with Gasteiger partial charge >= 0.3 is 5.97 Å². The summed E-state index contributed by atoms with van der Waals surface area (Å²) in [6, 6.07) is 13.8. The molecule has 4 rings (SSSR count). The van der Waals surface area contributed by atoms with E-state index in [0.29, 0.717) is 20.5 Å². The van der Waals surface area contributed by atoms with Crippen molar-refractivity contribution in [3.05, 3.63) is 81.6 Å². The Hall–Kier alpha value is -3.07. The summed E-state index contributed by atoms with van der Waals surface area (Å²) in [6.45, 7) is 1.95. The molecule has 6 nitrogen and oxygen atoms in total. The number of hydrogen-bond acceptors (Lipinski definition) is 7. The number of nitrogens with zero attached hydrogens (tertiary/aromatic N) is 1. The Morgan fingerprint density at radius 1 is 1.22 bits per heavy atom. The predicted octanol–water partition coefficient (Wildman–Crippen LogP) is 5.88. The highest BCUT2D eigenvalue weighted by atomic mass is 35.5. The van der Waals surface area contributed by atoms with E-state index in [4.69, 9.17) is 37.7 Å². The van der Waals surface area contributed by atoms with Gasteiger partial charge in [0.05, 0.1) is 29.0 Å². The molecule has 2 aromatic carbocycles. The van der Waals surface area contributed by atoms with E-state index in [0.717, 1.165) is 5.56 Å². The third-order valence-corrected chi connectivity index (χ3v) is 6.10. The number of thiocarbonyl (C=S) groups is 1. The van der Waals surface area contributed by atoms with Crippen molar-refractivity contribution in [1.29, 1.82) is 0 Å². The van der Waals surface area contributed by atoms with Crippen LogP contribution in [0.25, 0.3) is 6.08 Å². The van der Waals surface area contributed by atoms with Gasteiger partial charge in [0.25, 0.3) is 5.91 Å². The fraction of sp³-hybridized carbons (Fsp3) is 0.0870. The summed E-state index contributed by atoms with van der Waals surface area (Å²) in [5, 5.41) is 0.143. The Labute approximate surface area is 198 Å². The molecule has 3 aromatic rings. The van der Waals surface area contributed by atoms with E-state index < -0.39 is 5.97 Å². The van der Waals surface area contributed by atoms with Crippen LogP contribution in [0.2, 0.25) is 5.02 Å². The van der Waals surface area contributed by atoms with Crippen LogP contribution >= 0.6 is 35.6 Å².